The third-order valence-corrected chi connectivity index (χ3v) is 2.82. The first-order valence-electron chi connectivity index (χ1n) is 6.51. The Balaban J connectivity index is 2.20. The Hall–Kier alpha value is -2.96. The molecular formula is C15H14FN3O3. The molecule has 0 atom stereocenters. The number of allylic oxidation sites excluding steroid dienone is 3. The second-order valence-electron chi connectivity index (χ2n) is 4.27. The Morgan fingerprint density at radius 3 is 2.77 bits per heavy atom. The van der Waals surface area contributed by atoms with Crippen molar-refractivity contribution in [3.63, 3.8) is 0 Å². The van der Waals surface area contributed by atoms with Crippen molar-refractivity contribution in [2.24, 2.45) is 5.10 Å². The molecular weight excluding hydrogens is 289 g/mol. The van der Waals surface area contributed by atoms with Gasteiger partial charge in [0.25, 0.3) is 0 Å². The fraction of sp³-hybridized carbons (Fsp3) is 0.133. The molecule has 0 aliphatic carbocycles. The van der Waals surface area contributed by atoms with E-state index in [2.05, 4.69) is 5.10 Å². The highest BCUT2D eigenvalue weighted by atomic mass is 19.1. The van der Waals surface area contributed by atoms with E-state index in [0.29, 0.717) is 5.76 Å². The molecule has 1 aliphatic heterocycles. The SMILES string of the molecule is C/C=N\N1C=CC(Oc2ccc([N+](=O)[O-])c(F)c2)=C/C1=C\C. The Bertz CT molecular complexity index is 708. The molecule has 7 heteroatoms. The Morgan fingerprint density at radius 2 is 2.18 bits per heavy atom. The van der Waals surface area contributed by atoms with Crippen LogP contribution >= 0.6 is 0 Å². The summed E-state index contributed by atoms with van der Waals surface area (Å²) in [6.07, 6.45) is 8.59. The molecule has 0 spiro atoms. The average Bonchev–Trinajstić information content (AvgIpc) is 2.48. The summed E-state index contributed by atoms with van der Waals surface area (Å²) >= 11 is 0. The summed E-state index contributed by atoms with van der Waals surface area (Å²) in [5, 5.41) is 16.4. The molecule has 0 unspecified atom stereocenters. The predicted octanol–water partition coefficient (Wildman–Crippen LogP) is 3.74. The number of ether oxygens (including phenoxy) is 1. The zero-order chi connectivity index (χ0) is 16.1. The molecule has 0 aromatic heterocycles. The summed E-state index contributed by atoms with van der Waals surface area (Å²) < 4.78 is 19.1. The molecule has 114 valence electrons. The van der Waals surface area contributed by atoms with Crippen LogP contribution in [0.3, 0.4) is 0 Å². The number of benzene rings is 1. The zero-order valence-electron chi connectivity index (χ0n) is 12.1. The second-order valence-corrected chi connectivity index (χ2v) is 4.27. The summed E-state index contributed by atoms with van der Waals surface area (Å²) in [6, 6.07) is 3.41. The molecule has 1 aliphatic rings. The van der Waals surface area contributed by atoms with Gasteiger partial charge in [0.05, 0.1) is 10.6 Å². The van der Waals surface area contributed by atoms with E-state index >= 15 is 0 Å². The number of halogens is 1. The van der Waals surface area contributed by atoms with Crippen molar-refractivity contribution in [2.45, 2.75) is 13.8 Å². The van der Waals surface area contributed by atoms with Gasteiger partial charge in [-0.1, -0.05) is 6.08 Å². The second kappa shape index (κ2) is 6.66. The van der Waals surface area contributed by atoms with Crippen LogP contribution in [0.4, 0.5) is 10.1 Å². The van der Waals surface area contributed by atoms with Gasteiger partial charge in [-0.15, -0.1) is 0 Å². The van der Waals surface area contributed by atoms with Crippen LogP contribution in [0.25, 0.3) is 0 Å². The summed E-state index contributed by atoms with van der Waals surface area (Å²) in [5.41, 5.74) is 0.205. The minimum Gasteiger partial charge on any atom is -0.457 e. The van der Waals surface area contributed by atoms with Crippen molar-refractivity contribution >= 4 is 11.9 Å². The van der Waals surface area contributed by atoms with Gasteiger partial charge in [0.2, 0.25) is 5.82 Å². The van der Waals surface area contributed by atoms with Gasteiger partial charge in [0.1, 0.15) is 11.5 Å². The molecule has 1 heterocycles. The molecule has 0 saturated carbocycles. The molecule has 2 rings (SSSR count). The van der Waals surface area contributed by atoms with Crippen molar-refractivity contribution in [2.75, 3.05) is 0 Å². The Kier molecular flexibility index (Phi) is 4.67. The van der Waals surface area contributed by atoms with Crippen LogP contribution in [0.5, 0.6) is 5.75 Å². The number of nitrogens with zero attached hydrogens (tertiary/aromatic N) is 3. The highest BCUT2D eigenvalue weighted by molar-refractivity contribution is 5.53. The normalized spacial score (nSPS) is 16.2. The highest BCUT2D eigenvalue weighted by Gasteiger charge is 2.16. The summed E-state index contributed by atoms with van der Waals surface area (Å²) in [5.74, 6) is -0.280. The first-order chi connectivity index (χ1) is 10.5. The molecule has 0 radical (unpaired) electrons. The van der Waals surface area contributed by atoms with Crippen molar-refractivity contribution in [3.05, 3.63) is 70.0 Å². The maximum Gasteiger partial charge on any atom is 0.305 e. The highest BCUT2D eigenvalue weighted by Crippen LogP contribution is 2.25. The van der Waals surface area contributed by atoms with Gasteiger partial charge in [0.15, 0.2) is 0 Å². The molecule has 0 saturated heterocycles. The molecule has 0 amide bonds. The van der Waals surface area contributed by atoms with Crippen molar-refractivity contribution in [1.29, 1.82) is 0 Å². The van der Waals surface area contributed by atoms with Crippen LogP contribution in [0, 0.1) is 15.9 Å². The number of hydrazone groups is 1. The summed E-state index contributed by atoms with van der Waals surface area (Å²) in [6.45, 7) is 3.66. The fourth-order valence-electron chi connectivity index (χ4n) is 1.83. The first kappa shape index (κ1) is 15.4. The monoisotopic (exact) mass is 303 g/mol. The van der Waals surface area contributed by atoms with E-state index in [1.165, 1.54) is 6.07 Å². The number of nitro groups is 1. The van der Waals surface area contributed by atoms with Gasteiger partial charge in [-0.05, 0) is 26.0 Å². The summed E-state index contributed by atoms with van der Waals surface area (Å²) in [4.78, 5) is 9.80. The molecule has 0 bridgehead atoms. The van der Waals surface area contributed by atoms with E-state index in [9.17, 15) is 14.5 Å². The van der Waals surface area contributed by atoms with Crippen molar-refractivity contribution in [3.8, 4) is 5.75 Å². The molecule has 0 fully saturated rings. The molecule has 22 heavy (non-hydrogen) atoms. The topological polar surface area (TPSA) is 68.0 Å². The third kappa shape index (κ3) is 3.38. The van der Waals surface area contributed by atoms with Gasteiger partial charge >= 0.3 is 5.69 Å². The van der Waals surface area contributed by atoms with Gasteiger partial charge < -0.3 is 4.74 Å². The lowest BCUT2D eigenvalue weighted by Gasteiger charge is -2.20. The van der Waals surface area contributed by atoms with Gasteiger partial charge in [-0.2, -0.15) is 9.49 Å². The standard InChI is InChI=1S/C15H14FN3O3/c1-3-11-9-13(7-8-18(11)17-4-2)22-12-5-6-15(19(20)21)14(16)10-12/h3-10H,1-2H3/b11-3+,17-4-. The number of hydrogen-bond donors (Lipinski definition) is 0. The lowest BCUT2D eigenvalue weighted by molar-refractivity contribution is -0.387. The van der Waals surface area contributed by atoms with E-state index in [1.807, 2.05) is 13.0 Å². The minimum atomic E-state index is -0.939. The van der Waals surface area contributed by atoms with Crippen LogP contribution < -0.4 is 4.74 Å². The van der Waals surface area contributed by atoms with Gasteiger partial charge in [-0.3, -0.25) is 10.1 Å². The van der Waals surface area contributed by atoms with E-state index in [4.69, 9.17) is 4.74 Å². The van der Waals surface area contributed by atoms with Crippen LogP contribution in [0.15, 0.2) is 59.2 Å². The predicted molar refractivity (Wildman–Crippen MR) is 80.7 cm³/mol. The lowest BCUT2D eigenvalue weighted by atomic mass is 10.2. The molecule has 6 nitrogen and oxygen atoms in total. The maximum absolute atomic E-state index is 13.6. The molecule has 1 aromatic rings. The quantitative estimate of drug-likeness (QED) is 0.483. The van der Waals surface area contributed by atoms with Crippen LogP contribution in [-0.2, 0) is 0 Å². The minimum absolute atomic E-state index is 0.182. The van der Waals surface area contributed by atoms with Gasteiger partial charge in [-0.25, -0.2) is 5.01 Å². The van der Waals surface area contributed by atoms with Crippen LogP contribution in [0.2, 0.25) is 0 Å². The average molecular weight is 303 g/mol. The third-order valence-electron chi connectivity index (χ3n) is 2.82. The first-order valence-corrected chi connectivity index (χ1v) is 6.51. The van der Waals surface area contributed by atoms with Crippen molar-refractivity contribution in [1.82, 2.24) is 5.01 Å². The number of rotatable bonds is 4. The largest absolute Gasteiger partial charge is 0.457 e. The lowest BCUT2D eigenvalue weighted by Crippen LogP contribution is -2.13. The maximum atomic E-state index is 13.6. The Labute approximate surface area is 126 Å². The number of nitro benzene ring substituents is 1. The Morgan fingerprint density at radius 1 is 1.41 bits per heavy atom. The van der Waals surface area contributed by atoms with E-state index in [-0.39, 0.29) is 5.75 Å². The van der Waals surface area contributed by atoms with Crippen molar-refractivity contribution < 1.29 is 14.1 Å². The smallest absolute Gasteiger partial charge is 0.305 e. The van der Waals surface area contributed by atoms with E-state index in [1.54, 1.807) is 36.5 Å². The molecule has 1 aromatic carbocycles. The zero-order valence-corrected chi connectivity index (χ0v) is 12.1. The van der Waals surface area contributed by atoms with Crippen LogP contribution in [0.1, 0.15) is 13.8 Å². The van der Waals surface area contributed by atoms with E-state index < -0.39 is 16.4 Å². The van der Waals surface area contributed by atoms with Crippen LogP contribution in [-0.4, -0.2) is 16.1 Å². The van der Waals surface area contributed by atoms with E-state index in [0.717, 1.165) is 17.8 Å². The van der Waals surface area contributed by atoms with Gasteiger partial charge in [0, 0.05) is 30.6 Å². The fourth-order valence-corrected chi connectivity index (χ4v) is 1.83. The molecule has 0 N–H and O–H groups in total. The number of hydrogen-bond acceptors (Lipinski definition) is 5. The summed E-state index contributed by atoms with van der Waals surface area (Å²) in [7, 11) is 0.